The van der Waals surface area contributed by atoms with Gasteiger partial charge in [-0.15, -0.1) is 21.5 Å². The third-order valence-corrected chi connectivity index (χ3v) is 6.26. The summed E-state index contributed by atoms with van der Waals surface area (Å²) in [6.45, 7) is 2.27. The number of ether oxygens (including phenoxy) is 2. The van der Waals surface area contributed by atoms with E-state index in [4.69, 9.17) is 14.5 Å². The van der Waals surface area contributed by atoms with Crippen molar-refractivity contribution in [2.24, 2.45) is 0 Å². The van der Waals surface area contributed by atoms with Crippen molar-refractivity contribution in [2.45, 2.75) is 17.7 Å². The molecule has 27 heavy (non-hydrogen) atoms. The van der Waals surface area contributed by atoms with Crippen molar-refractivity contribution in [2.75, 3.05) is 6.79 Å². The normalized spacial score (nSPS) is 12.6. The Hall–Kier alpha value is -2.64. The van der Waals surface area contributed by atoms with Crippen molar-refractivity contribution < 1.29 is 9.47 Å². The first-order valence-electron chi connectivity index (χ1n) is 8.48. The lowest BCUT2D eigenvalue weighted by molar-refractivity contribution is 0.174. The van der Waals surface area contributed by atoms with Gasteiger partial charge >= 0.3 is 0 Å². The summed E-state index contributed by atoms with van der Waals surface area (Å²) in [5.41, 5.74) is 3.96. The van der Waals surface area contributed by atoms with Gasteiger partial charge in [-0.05, 0) is 30.7 Å². The quantitative estimate of drug-likeness (QED) is 0.451. The third kappa shape index (κ3) is 3.13. The molecule has 134 valence electrons. The van der Waals surface area contributed by atoms with Crippen molar-refractivity contribution >= 4 is 33.3 Å². The van der Waals surface area contributed by atoms with Crippen LogP contribution in [0.4, 0.5) is 0 Å². The van der Waals surface area contributed by atoms with Crippen LogP contribution >= 0.6 is 23.1 Å². The van der Waals surface area contributed by atoms with Gasteiger partial charge in [-0.25, -0.2) is 4.98 Å². The van der Waals surface area contributed by atoms with E-state index in [-0.39, 0.29) is 6.79 Å². The largest absolute Gasteiger partial charge is 0.454 e. The minimum atomic E-state index is 0.259. The SMILES string of the molecule is Cc1nc2c(SCc3ccccc3)nnc(-c3ccc4c(c3)OCO4)c2s1. The number of aryl methyl sites for hydroxylation is 1. The van der Waals surface area contributed by atoms with E-state index in [2.05, 4.69) is 22.3 Å². The highest BCUT2D eigenvalue weighted by molar-refractivity contribution is 7.98. The predicted molar refractivity (Wildman–Crippen MR) is 108 cm³/mol. The fraction of sp³-hybridized carbons (Fsp3) is 0.150. The second-order valence-corrected chi connectivity index (χ2v) is 8.27. The van der Waals surface area contributed by atoms with E-state index in [1.807, 2.05) is 43.3 Å². The van der Waals surface area contributed by atoms with E-state index in [9.17, 15) is 0 Å². The number of thioether (sulfide) groups is 1. The number of nitrogens with zero attached hydrogens (tertiary/aromatic N) is 3. The van der Waals surface area contributed by atoms with Gasteiger partial charge in [0.15, 0.2) is 11.5 Å². The van der Waals surface area contributed by atoms with Crippen LogP contribution in [0.2, 0.25) is 0 Å². The minimum absolute atomic E-state index is 0.259. The van der Waals surface area contributed by atoms with E-state index in [0.29, 0.717) is 0 Å². The highest BCUT2D eigenvalue weighted by Crippen LogP contribution is 2.40. The number of hydrogen-bond acceptors (Lipinski definition) is 7. The van der Waals surface area contributed by atoms with Gasteiger partial charge in [-0.3, -0.25) is 0 Å². The zero-order valence-electron chi connectivity index (χ0n) is 14.5. The van der Waals surface area contributed by atoms with E-state index in [0.717, 1.165) is 48.8 Å². The zero-order valence-corrected chi connectivity index (χ0v) is 16.1. The molecule has 0 fully saturated rings. The Morgan fingerprint density at radius 2 is 1.89 bits per heavy atom. The molecule has 7 heteroatoms. The lowest BCUT2D eigenvalue weighted by Gasteiger charge is -2.06. The van der Waals surface area contributed by atoms with E-state index >= 15 is 0 Å². The number of fused-ring (bicyclic) bond motifs is 2. The summed E-state index contributed by atoms with van der Waals surface area (Å²) in [5.74, 6) is 2.34. The van der Waals surface area contributed by atoms with Crippen LogP contribution in [0.5, 0.6) is 11.5 Å². The third-order valence-electron chi connectivity index (χ3n) is 4.26. The van der Waals surface area contributed by atoms with Crippen molar-refractivity contribution in [3.05, 3.63) is 59.1 Å². The Bertz CT molecular complexity index is 1130. The highest BCUT2D eigenvalue weighted by Gasteiger charge is 2.19. The Kier molecular flexibility index (Phi) is 4.18. The minimum Gasteiger partial charge on any atom is -0.454 e. The maximum absolute atomic E-state index is 5.50. The summed E-state index contributed by atoms with van der Waals surface area (Å²) in [7, 11) is 0. The van der Waals surface area contributed by atoms with Crippen LogP contribution in [-0.2, 0) is 5.75 Å². The highest BCUT2D eigenvalue weighted by atomic mass is 32.2. The molecule has 5 rings (SSSR count). The van der Waals surface area contributed by atoms with E-state index in [1.165, 1.54) is 5.56 Å². The summed E-state index contributed by atoms with van der Waals surface area (Å²) in [6, 6.07) is 16.2. The van der Waals surface area contributed by atoms with Crippen molar-refractivity contribution in [3.63, 3.8) is 0 Å². The molecule has 0 aliphatic carbocycles. The molecule has 0 atom stereocenters. The molecule has 0 amide bonds. The molecule has 2 aromatic carbocycles. The maximum Gasteiger partial charge on any atom is 0.231 e. The smallest absolute Gasteiger partial charge is 0.231 e. The molecule has 2 aromatic heterocycles. The standard InChI is InChI=1S/C20H15N3O2S2/c1-12-21-18-19(27-12)17(14-7-8-15-16(9-14)25-11-24-15)22-23-20(18)26-10-13-5-3-2-4-6-13/h2-9H,10-11H2,1H3. The van der Waals surface area contributed by atoms with Crippen molar-refractivity contribution in [1.29, 1.82) is 0 Å². The van der Waals surface area contributed by atoms with Gasteiger partial charge in [0.05, 0.1) is 9.71 Å². The number of hydrogen-bond donors (Lipinski definition) is 0. The Labute approximate surface area is 164 Å². The van der Waals surface area contributed by atoms with Crippen molar-refractivity contribution in [3.8, 4) is 22.8 Å². The van der Waals surface area contributed by atoms with Gasteiger partial charge in [0.25, 0.3) is 0 Å². The van der Waals surface area contributed by atoms with Crippen LogP contribution in [-0.4, -0.2) is 22.0 Å². The molecule has 0 saturated carbocycles. The summed E-state index contributed by atoms with van der Waals surface area (Å²) < 4.78 is 12.0. The second kappa shape index (κ2) is 6.83. The van der Waals surface area contributed by atoms with Crippen molar-refractivity contribution in [1.82, 2.24) is 15.2 Å². The van der Waals surface area contributed by atoms with Crippen LogP contribution in [0.1, 0.15) is 10.6 Å². The van der Waals surface area contributed by atoms with Crippen LogP contribution in [0, 0.1) is 6.92 Å². The molecule has 0 bridgehead atoms. The lowest BCUT2D eigenvalue weighted by atomic mass is 10.1. The molecule has 4 aromatic rings. The van der Waals surface area contributed by atoms with Gasteiger partial charge in [0, 0.05) is 11.3 Å². The molecular formula is C20H15N3O2S2. The van der Waals surface area contributed by atoms with E-state index < -0.39 is 0 Å². The molecule has 0 unspecified atom stereocenters. The molecule has 3 heterocycles. The molecular weight excluding hydrogens is 378 g/mol. The molecule has 0 saturated heterocycles. The lowest BCUT2D eigenvalue weighted by Crippen LogP contribution is -1.93. The number of thiazole rings is 1. The summed E-state index contributed by atoms with van der Waals surface area (Å²) >= 11 is 3.31. The summed E-state index contributed by atoms with van der Waals surface area (Å²) in [6.07, 6.45) is 0. The van der Waals surface area contributed by atoms with Gasteiger partial charge in [0.2, 0.25) is 6.79 Å². The molecule has 1 aliphatic heterocycles. The van der Waals surface area contributed by atoms with E-state index in [1.54, 1.807) is 23.1 Å². The number of aromatic nitrogens is 3. The topological polar surface area (TPSA) is 57.1 Å². The Balaban J connectivity index is 1.54. The van der Waals surface area contributed by atoms with Gasteiger partial charge in [0.1, 0.15) is 16.2 Å². The Morgan fingerprint density at radius 3 is 2.78 bits per heavy atom. The first-order chi connectivity index (χ1) is 13.3. The molecule has 0 spiro atoms. The average Bonchev–Trinajstić information content (AvgIpc) is 3.32. The molecule has 1 aliphatic rings. The van der Waals surface area contributed by atoms with Crippen LogP contribution < -0.4 is 9.47 Å². The monoisotopic (exact) mass is 393 g/mol. The summed E-state index contributed by atoms with van der Waals surface area (Å²) in [5, 5.41) is 10.9. The first kappa shape index (κ1) is 16.5. The van der Waals surface area contributed by atoms with Crippen LogP contribution in [0.15, 0.2) is 53.6 Å². The molecule has 0 radical (unpaired) electrons. The van der Waals surface area contributed by atoms with Crippen LogP contribution in [0.25, 0.3) is 21.5 Å². The maximum atomic E-state index is 5.50. The van der Waals surface area contributed by atoms with Gasteiger partial charge in [-0.2, -0.15) is 0 Å². The van der Waals surface area contributed by atoms with Crippen LogP contribution in [0.3, 0.4) is 0 Å². The fourth-order valence-corrected chi connectivity index (χ4v) is 4.85. The average molecular weight is 393 g/mol. The summed E-state index contributed by atoms with van der Waals surface area (Å²) in [4.78, 5) is 4.72. The number of benzene rings is 2. The first-order valence-corrected chi connectivity index (χ1v) is 10.3. The predicted octanol–water partition coefficient (Wildman–Crippen LogP) is 5.08. The Morgan fingerprint density at radius 1 is 1.04 bits per heavy atom. The molecule has 5 nitrogen and oxygen atoms in total. The zero-order chi connectivity index (χ0) is 18.2. The fourth-order valence-electron chi connectivity index (χ4n) is 2.98. The number of rotatable bonds is 4. The second-order valence-electron chi connectivity index (χ2n) is 6.11. The van der Waals surface area contributed by atoms with Gasteiger partial charge < -0.3 is 9.47 Å². The molecule has 0 N–H and O–H groups in total. The van der Waals surface area contributed by atoms with Gasteiger partial charge in [-0.1, -0.05) is 42.1 Å².